The molecule has 0 amide bonds. The van der Waals surface area contributed by atoms with Crippen molar-refractivity contribution in [3.05, 3.63) is 32.1 Å². The van der Waals surface area contributed by atoms with E-state index in [1.807, 2.05) is 0 Å². The quantitative estimate of drug-likeness (QED) is 0.569. The SMILES string of the molecule is Cn1c2c([nH]c(=O)c1=O)CCCC2. The molecule has 0 radical (unpaired) electrons. The average Bonchev–Trinajstić information content (AvgIpc) is 2.15. The highest BCUT2D eigenvalue weighted by Crippen LogP contribution is 2.15. The lowest BCUT2D eigenvalue weighted by molar-refractivity contribution is 0.598. The van der Waals surface area contributed by atoms with Gasteiger partial charge in [-0.1, -0.05) is 0 Å². The minimum Gasteiger partial charge on any atom is -0.320 e. The summed E-state index contributed by atoms with van der Waals surface area (Å²) >= 11 is 0. The normalized spacial score (nSPS) is 15.5. The van der Waals surface area contributed by atoms with E-state index in [0.29, 0.717) is 0 Å². The van der Waals surface area contributed by atoms with Crippen LogP contribution in [0.1, 0.15) is 24.2 Å². The molecule has 0 atom stereocenters. The Balaban J connectivity index is 2.75. The van der Waals surface area contributed by atoms with Gasteiger partial charge in [-0.25, -0.2) is 0 Å². The van der Waals surface area contributed by atoms with Crippen LogP contribution in [0.15, 0.2) is 9.59 Å². The van der Waals surface area contributed by atoms with Gasteiger partial charge in [-0.2, -0.15) is 0 Å². The van der Waals surface area contributed by atoms with Crippen molar-refractivity contribution in [3.63, 3.8) is 0 Å². The van der Waals surface area contributed by atoms with E-state index < -0.39 is 11.1 Å². The summed E-state index contributed by atoms with van der Waals surface area (Å²) in [6.45, 7) is 0. The van der Waals surface area contributed by atoms with E-state index in [-0.39, 0.29) is 0 Å². The van der Waals surface area contributed by atoms with Gasteiger partial charge < -0.3 is 9.55 Å². The Hall–Kier alpha value is -1.32. The first-order valence-corrected chi connectivity index (χ1v) is 4.51. The van der Waals surface area contributed by atoms with E-state index in [0.717, 1.165) is 37.1 Å². The first kappa shape index (κ1) is 8.29. The molecular weight excluding hydrogens is 168 g/mol. The van der Waals surface area contributed by atoms with Crippen LogP contribution in [0.4, 0.5) is 0 Å². The van der Waals surface area contributed by atoms with Gasteiger partial charge in [0.05, 0.1) is 0 Å². The van der Waals surface area contributed by atoms with Crippen LogP contribution in [0.25, 0.3) is 0 Å². The molecular formula is C9H12N2O2. The average molecular weight is 180 g/mol. The summed E-state index contributed by atoms with van der Waals surface area (Å²) in [5, 5.41) is 0. The van der Waals surface area contributed by atoms with E-state index >= 15 is 0 Å². The molecule has 13 heavy (non-hydrogen) atoms. The van der Waals surface area contributed by atoms with Gasteiger partial charge in [0.1, 0.15) is 0 Å². The van der Waals surface area contributed by atoms with Crippen LogP contribution < -0.4 is 11.1 Å². The summed E-state index contributed by atoms with van der Waals surface area (Å²) in [4.78, 5) is 25.0. The molecule has 0 bridgehead atoms. The summed E-state index contributed by atoms with van der Waals surface area (Å²) < 4.78 is 1.48. The van der Waals surface area contributed by atoms with Crippen molar-refractivity contribution >= 4 is 0 Å². The first-order chi connectivity index (χ1) is 6.20. The zero-order valence-electron chi connectivity index (χ0n) is 7.59. The number of hydrogen-bond donors (Lipinski definition) is 1. The van der Waals surface area contributed by atoms with E-state index in [2.05, 4.69) is 4.98 Å². The minimum atomic E-state index is -0.497. The Morgan fingerprint density at radius 2 is 1.92 bits per heavy atom. The third-order valence-electron chi connectivity index (χ3n) is 2.61. The lowest BCUT2D eigenvalue weighted by atomic mass is 10.0. The van der Waals surface area contributed by atoms with E-state index in [4.69, 9.17) is 0 Å². The van der Waals surface area contributed by atoms with E-state index in [1.54, 1.807) is 7.05 Å². The number of fused-ring (bicyclic) bond motifs is 1. The molecule has 1 aromatic rings. The van der Waals surface area contributed by atoms with Crippen LogP contribution in [-0.2, 0) is 19.9 Å². The predicted molar refractivity (Wildman–Crippen MR) is 48.9 cm³/mol. The second-order valence-corrected chi connectivity index (χ2v) is 3.45. The van der Waals surface area contributed by atoms with Gasteiger partial charge in [0.25, 0.3) is 0 Å². The molecule has 0 spiro atoms. The van der Waals surface area contributed by atoms with Gasteiger partial charge >= 0.3 is 11.1 Å². The largest absolute Gasteiger partial charge is 0.320 e. The molecule has 0 saturated heterocycles. The summed E-state index contributed by atoms with van der Waals surface area (Å²) in [5.41, 5.74) is 0.998. The highest BCUT2D eigenvalue weighted by molar-refractivity contribution is 5.15. The second-order valence-electron chi connectivity index (χ2n) is 3.45. The van der Waals surface area contributed by atoms with Crippen LogP contribution in [0.2, 0.25) is 0 Å². The molecule has 4 heteroatoms. The van der Waals surface area contributed by atoms with Gasteiger partial charge in [-0.3, -0.25) is 9.59 Å². The summed E-state index contributed by atoms with van der Waals surface area (Å²) in [5.74, 6) is 0. The molecule has 0 saturated carbocycles. The summed E-state index contributed by atoms with van der Waals surface area (Å²) in [6.07, 6.45) is 3.99. The molecule has 1 N–H and O–H groups in total. The Morgan fingerprint density at radius 3 is 2.69 bits per heavy atom. The topological polar surface area (TPSA) is 54.9 Å². The van der Waals surface area contributed by atoms with Gasteiger partial charge in [0.2, 0.25) is 0 Å². The van der Waals surface area contributed by atoms with E-state index in [1.165, 1.54) is 4.57 Å². The second kappa shape index (κ2) is 2.87. The third-order valence-corrected chi connectivity index (χ3v) is 2.61. The van der Waals surface area contributed by atoms with Crippen molar-refractivity contribution < 1.29 is 0 Å². The van der Waals surface area contributed by atoms with Crippen LogP contribution in [0.5, 0.6) is 0 Å². The number of nitrogens with one attached hydrogen (secondary N) is 1. The van der Waals surface area contributed by atoms with Crippen LogP contribution >= 0.6 is 0 Å². The molecule has 2 rings (SSSR count). The molecule has 1 aliphatic carbocycles. The van der Waals surface area contributed by atoms with Gasteiger partial charge in [-0.15, -0.1) is 0 Å². The smallest absolute Gasteiger partial charge is 0.316 e. The molecule has 0 unspecified atom stereocenters. The van der Waals surface area contributed by atoms with Crippen LogP contribution in [-0.4, -0.2) is 9.55 Å². The van der Waals surface area contributed by atoms with Crippen molar-refractivity contribution in [1.29, 1.82) is 0 Å². The third kappa shape index (κ3) is 1.22. The standard InChI is InChI=1S/C9H12N2O2/c1-11-7-5-3-2-4-6(7)10-8(12)9(11)13/h2-5H2,1H3,(H,10,12). The highest BCUT2D eigenvalue weighted by Gasteiger charge is 2.14. The molecule has 1 heterocycles. The maximum atomic E-state index is 11.3. The number of aryl methyl sites for hydroxylation is 1. The van der Waals surface area contributed by atoms with Crippen LogP contribution in [0.3, 0.4) is 0 Å². The first-order valence-electron chi connectivity index (χ1n) is 4.51. The van der Waals surface area contributed by atoms with Crippen molar-refractivity contribution in [2.75, 3.05) is 0 Å². The summed E-state index contributed by atoms with van der Waals surface area (Å²) in [7, 11) is 1.67. The zero-order valence-corrected chi connectivity index (χ0v) is 7.59. The number of hydrogen-bond acceptors (Lipinski definition) is 2. The number of rotatable bonds is 0. The summed E-state index contributed by atoms with van der Waals surface area (Å²) in [6, 6.07) is 0. The molecule has 0 aliphatic heterocycles. The zero-order chi connectivity index (χ0) is 9.42. The molecule has 1 aromatic heterocycles. The Labute approximate surface area is 75.2 Å². The van der Waals surface area contributed by atoms with Crippen molar-refractivity contribution in [2.24, 2.45) is 7.05 Å². The minimum absolute atomic E-state index is 0.444. The predicted octanol–water partition coefficient (Wildman–Crippen LogP) is -0.0476. The number of aromatic nitrogens is 2. The maximum Gasteiger partial charge on any atom is 0.316 e. The molecule has 0 fully saturated rings. The van der Waals surface area contributed by atoms with Gasteiger partial charge in [0, 0.05) is 18.4 Å². The van der Waals surface area contributed by atoms with Crippen molar-refractivity contribution in [1.82, 2.24) is 9.55 Å². The van der Waals surface area contributed by atoms with Crippen LogP contribution in [0, 0.1) is 0 Å². The molecule has 4 nitrogen and oxygen atoms in total. The fraction of sp³-hybridized carbons (Fsp3) is 0.556. The lowest BCUT2D eigenvalue weighted by Crippen LogP contribution is -2.38. The monoisotopic (exact) mass is 180 g/mol. The van der Waals surface area contributed by atoms with E-state index in [9.17, 15) is 9.59 Å². The Kier molecular flexibility index (Phi) is 1.83. The lowest BCUT2D eigenvalue weighted by Gasteiger charge is -2.17. The molecule has 70 valence electrons. The fourth-order valence-corrected chi connectivity index (χ4v) is 1.86. The fourth-order valence-electron chi connectivity index (χ4n) is 1.86. The number of nitrogens with zero attached hydrogens (tertiary/aromatic N) is 1. The highest BCUT2D eigenvalue weighted by atomic mass is 16.2. The van der Waals surface area contributed by atoms with Crippen molar-refractivity contribution in [3.8, 4) is 0 Å². The van der Waals surface area contributed by atoms with Crippen molar-refractivity contribution in [2.45, 2.75) is 25.7 Å². The maximum absolute atomic E-state index is 11.3. The number of aromatic amines is 1. The van der Waals surface area contributed by atoms with Gasteiger partial charge in [-0.05, 0) is 25.7 Å². The Bertz CT molecular complexity index is 442. The number of H-pyrrole nitrogens is 1. The molecule has 0 aromatic carbocycles. The Morgan fingerprint density at radius 1 is 1.23 bits per heavy atom. The molecule has 1 aliphatic rings. The van der Waals surface area contributed by atoms with Gasteiger partial charge in [0.15, 0.2) is 0 Å².